The van der Waals surface area contributed by atoms with Crippen molar-refractivity contribution in [3.05, 3.63) is 46.0 Å². The average molecular weight is 319 g/mol. The van der Waals surface area contributed by atoms with Crippen molar-refractivity contribution >= 4 is 21.2 Å². The SMILES string of the molecule is Cc1ccc(F)c(CS(=O)(=O)c2nc(CO)cs2)c1F. The maximum Gasteiger partial charge on any atom is 0.209 e. The quantitative estimate of drug-likeness (QED) is 0.938. The van der Waals surface area contributed by atoms with Crippen LogP contribution in [0, 0.1) is 18.6 Å². The monoisotopic (exact) mass is 319 g/mol. The number of halogens is 2. The molecule has 0 saturated heterocycles. The van der Waals surface area contributed by atoms with E-state index in [1.54, 1.807) is 0 Å². The molecule has 1 N–H and O–H groups in total. The molecular formula is C12H11F2NO3S2. The first-order valence-electron chi connectivity index (χ1n) is 5.56. The standard InChI is InChI=1S/C12H11F2NO3S2/c1-7-2-3-10(13)9(11(7)14)6-20(17,18)12-15-8(4-16)5-19-12/h2-3,5,16H,4,6H2,1H3. The maximum atomic E-state index is 13.8. The van der Waals surface area contributed by atoms with Crippen molar-refractivity contribution in [3.63, 3.8) is 0 Å². The molecule has 0 aliphatic rings. The van der Waals surface area contributed by atoms with E-state index in [4.69, 9.17) is 5.11 Å². The van der Waals surface area contributed by atoms with E-state index in [9.17, 15) is 17.2 Å². The number of aliphatic hydroxyl groups is 1. The Kier molecular flexibility index (Phi) is 4.17. The Morgan fingerprint density at radius 1 is 1.35 bits per heavy atom. The average Bonchev–Trinajstić information content (AvgIpc) is 2.89. The second-order valence-electron chi connectivity index (χ2n) is 4.18. The van der Waals surface area contributed by atoms with Gasteiger partial charge in [-0.1, -0.05) is 6.07 Å². The summed E-state index contributed by atoms with van der Waals surface area (Å²) >= 11 is 0.812. The van der Waals surface area contributed by atoms with Gasteiger partial charge in [-0.2, -0.15) is 0 Å². The highest BCUT2D eigenvalue weighted by molar-refractivity contribution is 7.92. The molecule has 108 valence electrons. The highest BCUT2D eigenvalue weighted by Crippen LogP contribution is 2.24. The summed E-state index contributed by atoms with van der Waals surface area (Å²) in [5.41, 5.74) is -0.115. The van der Waals surface area contributed by atoms with E-state index in [0.717, 1.165) is 17.4 Å². The fourth-order valence-electron chi connectivity index (χ4n) is 1.60. The van der Waals surface area contributed by atoms with Crippen LogP contribution in [0.1, 0.15) is 16.8 Å². The molecular weight excluding hydrogens is 308 g/mol. The lowest BCUT2D eigenvalue weighted by Crippen LogP contribution is -2.09. The zero-order chi connectivity index (χ0) is 14.9. The van der Waals surface area contributed by atoms with Crippen LogP contribution in [0.5, 0.6) is 0 Å². The van der Waals surface area contributed by atoms with Crippen LogP contribution >= 0.6 is 11.3 Å². The largest absolute Gasteiger partial charge is 0.390 e. The lowest BCUT2D eigenvalue weighted by molar-refractivity contribution is 0.277. The van der Waals surface area contributed by atoms with Crippen LogP contribution in [-0.2, 0) is 22.2 Å². The predicted molar refractivity (Wildman–Crippen MR) is 70.0 cm³/mol. The fraction of sp³-hybridized carbons (Fsp3) is 0.250. The van der Waals surface area contributed by atoms with Gasteiger partial charge in [-0.15, -0.1) is 11.3 Å². The Balaban J connectivity index is 2.41. The summed E-state index contributed by atoms with van der Waals surface area (Å²) < 4.78 is 51.3. The van der Waals surface area contributed by atoms with Gasteiger partial charge in [0, 0.05) is 10.9 Å². The lowest BCUT2D eigenvalue weighted by Gasteiger charge is -2.06. The lowest BCUT2D eigenvalue weighted by atomic mass is 10.1. The molecule has 0 spiro atoms. The highest BCUT2D eigenvalue weighted by atomic mass is 32.2. The van der Waals surface area contributed by atoms with Crippen molar-refractivity contribution in [1.29, 1.82) is 0 Å². The van der Waals surface area contributed by atoms with E-state index in [0.29, 0.717) is 0 Å². The minimum absolute atomic E-state index is 0.173. The number of hydrogen-bond acceptors (Lipinski definition) is 5. The Hall–Kier alpha value is -1.38. The third kappa shape index (κ3) is 2.87. The number of sulfone groups is 1. The van der Waals surface area contributed by atoms with Crippen LogP contribution in [0.25, 0.3) is 0 Å². The normalized spacial score (nSPS) is 11.8. The van der Waals surface area contributed by atoms with Gasteiger partial charge in [0.25, 0.3) is 0 Å². The molecule has 1 aromatic heterocycles. The first-order chi connectivity index (χ1) is 9.35. The van der Waals surface area contributed by atoms with Gasteiger partial charge in [-0.25, -0.2) is 22.2 Å². The van der Waals surface area contributed by atoms with Crippen LogP contribution in [0.4, 0.5) is 8.78 Å². The summed E-state index contributed by atoms with van der Waals surface area (Å²) in [6, 6.07) is 2.28. The summed E-state index contributed by atoms with van der Waals surface area (Å²) in [5.74, 6) is -2.58. The molecule has 0 unspecified atom stereocenters. The van der Waals surface area contributed by atoms with Gasteiger partial charge in [-0.05, 0) is 18.6 Å². The molecule has 0 fully saturated rings. The number of thiazole rings is 1. The van der Waals surface area contributed by atoms with Crippen LogP contribution in [0.15, 0.2) is 21.9 Å². The molecule has 0 aliphatic heterocycles. The van der Waals surface area contributed by atoms with Gasteiger partial charge in [-0.3, -0.25) is 0 Å². The van der Waals surface area contributed by atoms with Crippen molar-refractivity contribution in [2.24, 2.45) is 0 Å². The number of aliphatic hydroxyl groups excluding tert-OH is 1. The van der Waals surface area contributed by atoms with Crippen molar-refractivity contribution in [2.75, 3.05) is 0 Å². The van der Waals surface area contributed by atoms with E-state index in [2.05, 4.69) is 4.98 Å². The summed E-state index contributed by atoms with van der Waals surface area (Å²) in [6.07, 6.45) is 0. The third-order valence-electron chi connectivity index (χ3n) is 2.67. The maximum absolute atomic E-state index is 13.8. The van der Waals surface area contributed by atoms with Crippen molar-refractivity contribution in [1.82, 2.24) is 4.98 Å². The van der Waals surface area contributed by atoms with E-state index >= 15 is 0 Å². The van der Waals surface area contributed by atoms with Gasteiger partial charge < -0.3 is 5.11 Å². The highest BCUT2D eigenvalue weighted by Gasteiger charge is 2.24. The Morgan fingerprint density at radius 2 is 2.05 bits per heavy atom. The molecule has 0 amide bonds. The van der Waals surface area contributed by atoms with Gasteiger partial charge in [0.05, 0.1) is 18.1 Å². The van der Waals surface area contributed by atoms with E-state index in [1.165, 1.54) is 18.4 Å². The molecule has 8 heteroatoms. The van der Waals surface area contributed by atoms with Crippen molar-refractivity contribution in [2.45, 2.75) is 23.6 Å². The number of nitrogens with zero attached hydrogens (tertiary/aromatic N) is 1. The second kappa shape index (κ2) is 5.55. The molecule has 1 heterocycles. The minimum Gasteiger partial charge on any atom is -0.390 e. The Bertz CT molecular complexity index is 741. The molecule has 20 heavy (non-hydrogen) atoms. The number of aromatic nitrogens is 1. The molecule has 0 atom stereocenters. The zero-order valence-corrected chi connectivity index (χ0v) is 12.1. The number of hydrogen-bond donors (Lipinski definition) is 1. The summed E-state index contributed by atoms with van der Waals surface area (Å²) in [5, 5.41) is 10.2. The molecule has 0 bridgehead atoms. The van der Waals surface area contributed by atoms with Gasteiger partial charge in [0.15, 0.2) is 0 Å². The first kappa shape index (κ1) is 15.0. The first-order valence-corrected chi connectivity index (χ1v) is 8.10. The molecule has 0 saturated carbocycles. The number of aryl methyl sites for hydroxylation is 1. The molecule has 1 aromatic carbocycles. The Morgan fingerprint density at radius 3 is 2.65 bits per heavy atom. The molecule has 4 nitrogen and oxygen atoms in total. The second-order valence-corrected chi connectivity index (χ2v) is 7.20. The van der Waals surface area contributed by atoms with Gasteiger partial charge in [0.2, 0.25) is 14.2 Å². The summed E-state index contributed by atoms with van der Waals surface area (Å²) in [7, 11) is -3.95. The summed E-state index contributed by atoms with van der Waals surface area (Å²) in [4.78, 5) is 3.71. The van der Waals surface area contributed by atoms with Gasteiger partial charge >= 0.3 is 0 Å². The minimum atomic E-state index is -3.95. The number of benzene rings is 1. The van der Waals surface area contributed by atoms with Crippen LogP contribution in [0.3, 0.4) is 0 Å². The van der Waals surface area contributed by atoms with Crippen molar-refractivity contribution in [3.8, 4) is 0 Å². The topological polar surface area (TPSA) is 67.3 Å². The van der Waals surface area contributed by atoms with E-state index in [-0.39, 0.29) is 22.2 Å². The molecule has 2 rings (SSSR count). The third-order valence-corrected chi connectivity index (χ3v) is 5.70. The summed E-state index contributed by atoms with van der Waals surface area (Å²) in [6.45, 7) is 1.04. The smallest absolute Gasteiger partial charge is 0.209 e. The van der Waals surface area contributed by atoms with Crippen LogP contribution in [-0.4, -0.2) is 18.5 Å². The molecule has 0 aliphatic carbocycles. The molecule has 2 aromatic rings. The van der Waals surface area contributed by atoms with E-state index < -0.39 is 32.8 Å². The van der Waals surface area contributed by atoms with Crippen molar-refractivity contribution < 1.29 is 22.3 Å². The van der Waals surface area contributed by atoms with E-state index in [1.807, 2.05) is 0 Å². The number of rotatable bonds is 4. The zero-order valence-electron chi connectivity index (χ0n) is 10.4. The fourth-order valence-corrected chi connectivity index (χ4v) is 4.07. The van der Waals surface area contributed by atoms with Crippen LogP contribution < -0.4 is 0 Å². The Labute approximate surface area is 118 Å². The van der Waals surface area contributed by atoms with Crippen LogP contribution in [0.2, 0.25) is 0 Å². The predicted octanol–water partition coefficient (Wildman–Crippen LogP) is 2.20. The molecule has 0 radical (unpaired) electrons. The van der Waals surface area contributed by atoms with Gasteiger partial charge in [0.1, 0.15) is 11.6 Å².